The minimum atomic E-state index is -0.716. The summed E-state index contributed by atoms with van der Waals surface area (Å²) in [5, 5.41) is 11.6. The van der Waals surface area contributed by atoms with Crippen molar-refractivity contribution in [1.29, 1.82) is 0 Å². The van der Waals surface area contributed by atoms with E-state index in [1.807, 2.05) is 17.5 Å². The third kappa shape index (κ3) is 4.83. The maximum Gasteiger partial charge on any atom is 0.313 e. The van der Waals surface area contributed by atoms with Crippen LogP contribution in [0, 0.1) is 5.82 Å². The van der Waals surface area contributed by atoms with Gasteiger partial charge in [-0.1, -0.05) is 38.1 Å². The van der Waals surface area contributed by atoms with Gasteiger partial charge in [0.25, 0.3) is 0 Å². The number of thiazole rings is 1. The predicted octanol–water partition coefficient (Wildman–Crippen LogP) is 4.02. The number of amides is 2. The Kier molecular flexibility index (Phi) is 6.27. The maximum absolute atomic E-state index is 13.5. The fourth-order valence-corrected chi connectivity index (χ4v) is 4.03. The van der Waals surface area contributed by atoms with Gasteiger partial charge >= 0.3 is 11.8 Å². The molecule has 2 amide bonds. The van der Waals surface area contributed by atoms with Gasteiger partial charge in [-0.15, -0.1) is 16.4 Å². The standard InChI is InChI=1S/C23H22FN5O2S/c1-14(2)15-6-8-18(9-7-15)26-22(31)21(30)25-11-10-19-13-32-23-27-20(28-29(19)23)16-4-3-5-17(24)12-16/h3-9,12-14H,10-11H2,1-2H3,(H,25,30)(H,26,31). The van der Waals surface area contributed by atoms with Gasteiger partial charge in [-0.25, -0.2) is 8.91 Å². The number of anilines is 1. The number of benzene rings is 2. The predicted molar refractivity (Wildman–Crippen MR) is 122 cm³/mol. The van der Waals surface area contributed by atoms with Crippen LogP contribution < -0.4 is 10.6 Å². The summed E-state index contributed by atoms with van der Waals surface area (Å²) in [6.07, 6.45) is 0.466. The Balaban J connectivity index is 1.33. The first-order valence-electron chi connectivity index (χ1n) is 10.2. The van der Waals surface area contributed by atoms with Crippen LogP contribution in [0.25, 0.3) is 16.3 Å². The number of rotatable bonds is 6. The van der Waals surface area contributed by atoms with Crippen LogP contribution in [0.1, 0.15) is 31.0 Å². The second-order valence-electron chi connectivity index (χ2n) is 7.60. The van der Waals surface area contributed by atoms with Crippen molar-refractivity contribution in [2.75, 3.05) is 11.9 Å². The Bertz CT molecular complexity index is 1260. The number of aromatic nitrogens is 3. The van der Waals surface area contributed by atoms with Crippen molar-refractivity contribution < 1.29 is 14.0 Å². The highest BCUT2D eigenvalue weighted by Gasteiger charge is 2.15. The molecular weight excluding hydrogens is 429 g/mol. The Morgan fingerprint density at radius 1 is 1.12 bits per heavy atom. The van der Waals surface area contributed by atoms with Crippen LogP contribution in [0.5, 0.6) is 0 Å². The summed E-state index contributed by atoms with van der Waals surface area (Å²) in [5.74, 6) is -0.945. The van der Waals surface area contributed by atoms with Crippen molar-refractivity contribution >= 4 is 33.8 Å². The third-order valence-electron chi connectivity index (χ3n) is 4.94. The lowest BCUT2D eigenvalue weighted by Crippen LogP contribution is -2.36. The Morgan fingerprint density at radius 3 is 2.62 bits per heavy atom. The van der Waals surface area contributed by atoms with E-state index in [0.717, 1.165) is 11.3 Å². The van der Waals surface area contributed by atoms with Gasteiger partial charge in [-0.05, 0) is 35.7 Å². The van der Waals surface area contributed by atoms with E-state index < -0.39 is 11.8 Å². The van der Waals surface area contributed by atoms with Crippen molar-refractivity contribution in [2.45, 2.75) is 26.2 Å². The molecule has 0 aliphatic heterocycles. The largest absolute Gasteiger partial charge is 0.347 e. The molecular formula is C23H22FN5O2S. The summed E-state index contributed by atoms with van der Waals surface area (Å²) in [7, 11) is 0. The van der Waals surface area contributed by atoms with Crippen LogP contribution in [0.15, 0.2) is 53.9 Å². The van der Waals surface area contributed by atoms with Gasteiger partial charge < -0.3 is 10.6 Å². The van der Waals surface area contributed by atoms with Gasteiger partial charge in [-0.3, -0.25) is 9.59 Å². The quantitative estimate of drug-likeness (QED) is 0.434. The number of hydrogen-bond donors (Lipinski definition) is 2. The first kappa shape index (κ1) is 21.6. The van der Waals surface area contributed by atoms with Crippen molar-refractivity contribution in [3.8, 4) is 11.4 Å². The molecule has 0 bridgehead atoms. The van der Waals surface area contributed by atoms with Crippen molar-refractivity contribution in [3.63, 3.8) is 0 Å². The zero-order valence-corrected chi connectivity index (χ0v) is 18.4. The van der Waals surface area contributed by atoms with Crippen molar-refractivity contribution in [2.24, 2.45) is 0 Å². The van der Waals surface area contributed by atoms with E-state index in [0.29, 0.717) is 34.4 Å². The van der Waals surface area contributed by atoms with Crippen LogP contribution in [0.4, 0.5) is 10.1 Å². The van der Waals surface area contributed by atoms with Gasteiger partial charge in [0.1, 0.15) is 5.82 Å². The Labute approximate surface area is 188 Å². The molecule has 2 N–H and O–H groups in total. The van der Waals surface area contributed by atoms with Gasteiger partial charge in [-0.2, -0.15) is 4.98 Å². The summed E-state index contributed by atoms with van der Waals surface area (Å²) in [5.41, 5.74) is 3.16. The topological polar surface area (TPSA) is 88.4 Å². The summed E-state index contributed by atoms with van der Waals surface area (Å²) in [4.78, 5) is 29.4. The molecule has 4 aromatic rings. The number of halogens is 1. The second-order valence-corrected chi connectivity index (χ2v) is 8.44. The highest BCUT2D eigenvalue weighted by Crippen LogP contribution is 2.21. The molecule has 9 heteroatoms. The molecule has 0 fully saturated rings. The Hall–Kier alpha value is -3.59. The SMILES string of the molecule is CC(C)c1ccc(NC(=O)C(=O)NCCc2csc3nc(-c4cccc(F)c4)nn23)cc1. The zero-order chi connectivity index (χ0) is 22.7. The lowest BCUT2D eigenvalue weighted by Gasteiger charge is -2.08. The highest BCUT2D eigenvalue weighted by atomic mass is 32.1. The lowest BCUT2D eigenvalue weighted by atomic mass is 10.0. The van der Waals surface area contributed by atoms with Crippen LogP contribution >= 0.6 is 11.3 Å². The molecule has 0 unspecified atom stereocenters. The molecule has 0 spiro atoms. The number of carbonyl (C=O) groups excluding carboxylic acids is 2. The number of fused-ring (bicyclic) bond motifs is 1. The number of nitrogens with zero attached hydrogens (tertiary/aromatic N) is 3. The van der Waals surface area contributed by atoms with E-state index in [1.165, 1.54) is 23.5 Å². The van der Waals surface area contributed by atoms with Crippen LogP contribution in [-0.2, 0) is 16.0 Å². The van der Waals surface area contributed by atoms with Crippen LogP contribution in [0.3, 0.4) is 0 Å². The molecule has 4 rings (SSSR count). The van der Waals surface area contributed by atoms with E-state index in [2.05, 4.69) is 34.6 Å². The molecule has 0 radical (unpaired) electrons. The first-order chi connectivity index (χ1) is 15.4. The molecule has 32 heavy (non-hydrogen) atoms. The fraction of sp³-hybridized carbons (Fsp3) is 0.217. The molecule has 0 aliphatic rings. The lowest BCUT2D eigenvalue weighted by molar-refractivity contribution is -0.136. The van der Waals surface area contributed by atoms with Crippen molar-refractivity contribution in [3.05, 3.63) is 71.0 Å². The van der Waals surface area contributed by atoms with Gasteiger partial charge in [0, 0.05) is 29.6 Å². The second kappa shape index (κ2) is 9.27. The maximum atomic E-state index is 13.5. The Morgan fingerprint density at radius 2 is 1.91 bits per heavy atom. The number of nitrogens with one attached hydrogen (secondary N) is 2. The number of carbonyl (C=O) groups is 2. The van der Waals surface area contributed by atoms with E-state index in [-0.39, 0.29) is 12.4 Å². The average Bonchev–Trinajstić information content (AvgIpc) is 3.36. The molecule has 0 atom stereocenters. The minimum absolute atomic E-state index is 0.263. The van der Waals surface area contributed by atoms with E-state index >= 15 is 0 Å². The first-order valence-corrected chi connectivity index (χ1v) is 11.1. The molecule has 164 valence electrons. The summed E-state index contributed by atoms with van der Waals surface area (Å²) >= 11 is 1.41. The summed E-state index contributed by atoms with van der Waals surface area (Å²) in [6, 6.07) is 13.5. The molecule has 0 aliphatic carbocycles. The molecule has 0 saturated carbocycles. The van der Waals surface area contributed by atoms with Gasteiger partial charge in [0.2, 0.25) is 4.96 Å². The van der Waals surface area contributed by atoms with E-state index in [4.69, 9.17) is 0 Å². The summed E-state index contributed by atoms with van der Waals surface area (Å²) < 4.78 is 15.1. The van der Waals surface area contributed by atoms with Crippen LogP contribution in [-0.4, -0.2) is 33.0 Å². The monoisotopic (exact) mass is 451 g/mol. The normalized spacial score (nSPS) is 11.1. The third-order valence-corrected chi connectivity index (χ3v) is 5.81. The van der Waals surface area contributed by atoms with Crippen molar-refractivity contribution in [1.82, 2.24) is 19.9 Å². The van der Waals surface area contributed by atoms with E-state index in [9.17, 15) is 14.0 Å². The number of hydrogen-bond acceptors (Lipinski definition) is 5. The van der Waals surface area contributed by atoms with E-state index in [1.54, 1.807) is 28.8 Å². The molecule has 2 heterocycles. The molecule has 7 nitrogen and oxygen atoms in total. The molecule has 2 aromatic carbocycles. The smallest absolute Gasteiger partial charge is 0.313 e. The average molecular weight is 452 g/mol. The highest BCUT2D eigenvalue weighted by molar-refractivity contribution is 7.15. The fourth-order valence-electron chi connectivity index (χ4n) is 3.17. The summed E-state index contributed by atoms with van der Waals surface area (Å²) in [6.45, 7) is 4.44. The van der Waals surface area contributed by atoms with Gasteiger partial charge in [0.05, 0.1) is 5.69 Å². The minimum Gasteiger partial charge on any atom is -0.347 e. The molecule has 0 saturated heterocycles. The van der Waals surface area contributed by atoms with Gasteiger partial charge in [0.15, 0.2) is 5.82 Å². The molecule has 2 aromatic heterocycles. The van der Waals surface area contributed by atoms with Crippen LogP contribution in [0.2, 0.25) is 0 Å². The zero-order valence-electron chi connectivity index (χ0n) is 17.6.